The summed E-state index contributed by atoms with van der Waals surface area (Å²) in [5, 5.41) is 0. The largest absolute Gasteiger partial charge is 0.336 e. The second-order valence-electron chi connectivity index (χ2n) is 4.46. The van der Waals surface area contributed by atoms with Crippen LogP contribution in [0.3, 0.4) is 0 Å². The van der Waals surface area contributed by atoms with E-state index in [1.54, 1.807) is 4.90 Å². The van der Waals surface area contributed by atoms with Gasteiger partial charge in [-0.05, 0) is 25.8 Å². The maximum atomic E-state index is 11.7. The highest BCUT2D eigenvalue weighted by Crippen LogP contribution is 2.41. The monoisotopic (exact) mass is 238 g/mol. The summed E-state index contributed by atoms with van der Waals surface area (Å²) >= 11 is 0. The Labute approximate surface area is 101 Å². The van der Waals surface area contributed by atoms with Gasteiger partial charge in [-0.3, -0.25) is 9.59 Å². The topological polar surface area (TPSA) is 57.7 Å². The molecule has 0 spiro atoms. The summed E-state index contributed by atoms with van der Waals surface area (Å²) in [5.41, 5.74) is -0.0962. The molecular formula is C12H18N2O3. The zero-order valence-corrected chi connectivity index (χ0v) is 10.1. The van der Waals surface area contributed by atoms with E-state index in [1.165, 1.54) is 11.0 Å². The minimum Gasteiger partial charge on any atom is -0.336 e. The van der Waals surface area contributed by atoms with Crippen molar-refractivity contribution in [3.63, 3.8) is 0 Å². The van der Waals surface area contributed by atoms with Crippen molar-refractivity contribution in [3.05, 3.63) is 12.7 Å². The molecule has 0 unspecified atom stereocenters. The van der Waals surface area contributed by atoms with Crippen LogP contribution in [0.4, 0.5) is 0 Å². The third-order valence-electron chi connectivity index (χ3n) is 3.13. The van der Waals surface area contributed by atoms with Gasteiger partial charge in [-0.1, -0.05) is 6.58 Å². The lowest BCUT2D eigenvalue weighted by Gasteiger charge is -2.29. The first kappa shape index (κ1) is 13.4. The van der Waals surface area contributed by atoms with E-state index in [1.807, 2.05) is 6.92 Å². The molecule has 1 aliphatic rings. The van der Waals surface area contributed by atoms with Crippen LogP contribution >= 0.6 is 0 Å². The zero-order valence-electron chi connectivity index (χ0n) is 10.1. The third kappa shape index (κ3) is 3.41. The summed E-state index contributed by atoms with van der Waals surface area (Å²) in [6, 6.07) is 0. The molecule has 0 radical (unpaired) electrons. The van der Waals surface area contributed by atoms with Gasteiger partial charge < -0.3 is 14.6 Å². The Bertz CT molecular complexity index is 324. The first-order chi connectivity index (χ1) is 8.07. The fraction of sp³-hybridized carbons (Fsp3) is 0.583. The molecule has 0 aromatic heterocycles. The fourth-order valence-corrected chi connectivity index (χ4v) is 1.72. The summed E-state index contributed by atoms with van der Waals surface area (Å²) in [6.07, 6.45) is 4.53. The Morgan fingerprint density at radius 2 is 2.00 bits per heavy atom. The summed E-state index contributed by atoms with van der Waals surface area (Å²) in [5.74, 6) is -0.123. The van der Waals surface area contributed by atoms with Crippen molar-refractivity contribution >= 4 is 18.6 Å². The van der Waals surface area contributed by atoms with Crippen LogP contribution in [-0.4, -0.2) is 53.6 Å². The number of rotatable bonds is 8. The quantitative estimate of drug-likeness (QED) is 0.448. The molecule has 1 rings (SSSR count). The molecule has 0 aromatic carbocycles. The van der Waals surface area contributed by atoms with Crippen LogP contribution in [0.25, 0.3) is 0 Å². The molecule has 0 bridgehead atoms. The number of carbonyl (C=O) groups excluding carboxylic acids is 3. The van der Waals surface area contributed by atoms with Gasteiger partial charge in [0.15, 0.2) is 0 Å². The van der Waals surface area contributed by atoms with Crippen molar-refractivity contribution in [3.8, 4) is 0 Å². The number of nitrogens with zero attached hydrogens (tertiary/aromatic N) is 2. The van der Waals surface area contributed by atoms with Gasteiger partial charge in [0.25, 0.3) is 0 Å². The fourth-order valence-electron chi connectivity index (χ4n) is 1.72. The van der Waals surface area contributed by atoms with Crippen LogP contribution in [0.1, 0.15) is 19.8 Å². The van der Waals surface area contributed by atoms with Gasteiger partial charge in [0.2, 0.25) is 12.3 Å². The van der Waals surface area contributed by atoms with Gasteiger partial charge in [-0.25, -0.2) is 0 Å². The predicted molar refractivity (Wildman–Crippen MR) is 63.3 cm³/mol. The molecule has 0 N–H and O–H groups in total. The molecule has 5 nitrogen and oxygen atoms in total. The van der Waals surface area contributed by atoms with Crippen LogP contribution in [0.2, 0.25) is 0 Å². The second kappa shape index (κ2) is 5.61. The van der Waals surface area contributed by atoms with Gasteiger partial charge >= 0.3 is 0 Å². The molecule has 5 heteroatoms. The van der Waals surface area contributed by atoms with E-state index >= 15 is 0 Å². The molecule has 0 saturated heterocycles. The predicted octanol–water partition coefficient (Wildman–Crippen LogP) is 0.211. The molecule has 1 aliphatic carbocycles. The smallest absolute Gasteiger partial charge is 0.246 e. The van der Waals surface area contributed by atoms with Gasteiger partial charge in [0.05, 0.1) is 6.54 Å². The van der Waals surface area contributed by atoms with Crippen molar-refractivity contribution < 1.29 is 14.4 Å². The number of carbonyl (C=O) groups is 3. The van der Waals surface area contributed by atoms with Gasteiger partial charge in [0, 0.05) is 18.6 Å². The summed E-state index contributed by atoms with van der Waals surface area (Å²) in [7, 11) is 0. The van der Waals surface area contributed by atoms with Crippen molar-refractivity contribution in [2.75, 3.05) is 19.6 Å². The van der Waals surface area contributed by atoms with E-state index in [9.17, 15) is 14.4 Å². The van der Waals surface area contributed by atoms with Crippen LogP contribution in [0.5, 0.6) is 0 Å². The molecule has 1 saturated carbocycles. The average Bonchev–Trinajstić information content (AvgIpc) is 3.06. The average molecular weight is 238 g/mol. The highest BCUT2D eigenvalue weighted by Gasteiger charge is 2.44. The normalized spacial score (nSPS) is 15.8. The van der Waals surface area contributed by atoms with Crippen LogP contribution in [0.15, 0.2) is 12.7 Å². The zero-order chi connectivity index (χ0) is 12.9. The van der Waals surface area contributed by atoms with Crippen molar-refractivity contribution in [1.82, 2.24) is 9.80 Å². The Kier molecular flexibility index (Phi) is 4.43. The van der Waals surface area contributed by atoms with E-state index in [0.717, 1.165) is 12.8 Å². The number of amides is 2. The molecule has 0 aliphatic heterocycles. The van der Waals surface area contributed by atoms with Gasteiger partial charge in [-0.2, -0.15) is 0 Å². The Morgan fingerprint density at radius 3 is 2.41 bits per heavy atom. The lowest BCUT2D eigenvalue weighted by Crippen LogP contribution is -2.44. The minimum absolute atomic E-state index is 0.0658. The lowest BCUT2D eigenvalue weighted by molar-refractivity contribution is -0.130. The standard InChI is InChI=1S/C12H18N2O3/c1-3-11(17)14(12(2)4-5-12)7-6-13(10-16)8-9-15/h3,9-10H,1,4-8H2,2H3. The minimum atomic E-state index is -0.123. The summed E-state index contributed by atoms with van der Waals surface area (Å²) in [4.78, 5) is 35.7. The summed E-state index contributed by atoms with van der Waals surface area (Å²) in [6.45, 7) is 6.37. The lowest BCUT2D eigenvalue weighted by atomic mass is 10.2. The van der Waals surface area contributed by atoms with Crippen LogP contribution in [-0.2, 0) is 14.4 Å². The van der Waals surface area contributed by atoms with Crippen molar-refractivity contribution in [1.29, 1.82) is 0 Å². The SMILES string of the molecule is C=CC(=O)N(CCN(C=O)CC=O)C1(C)CC1. The first-order valence-electron chi connectivity index (χ1n) is 5.64. The molecule has 1 fully saturated rings. The molecule has 0 aromatic rings. The summed E-state index contributed by atoms with van der Waals surface area (Å²) < 4.78 is 0. The molecule has 0 atom stereocenters. The Hall–Kier alpha value is -1.65. The maximum absolute atomic E-state index is 11.7. The van der Waals surface area contributed by atoms with E-state index in [4.69, 9.17) is 0 Å². The van der Waals surface area contributed by atoms with Gasteiger partial charge in [-0.15, -0.1) is 0 Å². The Morgan fingerprint density at radius 1 is 1.35 bits per heavy atom. The van der Waals surface area contributed by atoms with Crippen molar-refractivity contribution in [2.45, 2.75) is 25.3 Å². The van der Waals surface area contributed by atoms with E-state index in [2.05, 4.69) is 6.58 Å². The molecule has 2 amide bonds. The van der Waals surface area contributed by atoms with E-state index in [-0.39, 0.29) is 18.0 Å². The van der Waals surface area contributed by atoms with E-state index < -0.39 is 0 Å². The highest BCUT2D eigenvalue weighted by molar-refractivity contribution is 5.88. The van der Waals surface area contributed by atoms with Crippen molar-refractivity contribution in [2.24, 2.45) is 0 Å². The molecule has 0 heterocycles. The van der Waals surface area contributed by atoms with Gasteiger partial charge in [0.1, 0.15) is 6.29 Å². The number of hydrogen-bond acceptors (Lipinski definition) is 3. The second-order valence-corrected chi connectivity index (χ2v) is 4.46. The van der Waals surface area contributed by atoms with E-state index in [0.29, 0.717) is 25.8 Å². The molecular weight excluding hydrogens is 220 g/mol. The van der Waals surface area contributed by atoms with Crippen LogP contribution < -0.4 is 0 Å². The number of hydrogen-bond donors (Lipinski definition) is 0. The van der Waals surface area contributed by atoms with Crippen LogP contribution in [0, 0.1) is 0 Å². The number of aldehydes is 1. The maximum Gasteiger partial charge on any atom is 0.246 e. The first-order valence-corrected chi connectivity index (χ1v) is 5.64. The molecule has 17 heavy (non-hydrogen) atoms. The highest BCUT2D eigenvalue weighted by atomic mass is 16.2. The third-order valence-corrected chi connectivity index (χ3v) is 3.13. The Balaban J connectivity index is 2.55. The molecule has 94 valence electrons.